The molecular weight excluding hydrogens is 370 g/mol. The summed E-state index contributed by atoms with van der Waals surface area (Å²) in [5.74, 6) is 0.567. The number of carbonyl (C=O) groups excluding carboxylic acids is 1. The number of hydrogen-bond acceptors (Lipinski definition) is 5. The third-order valence-corrected chi connectivity index (χ3v) is 6.29. The molecule has 2 N–H and O–H groups in total. The van der Waals surface area contributed by atoms with E-state index in [0.717, 1.165) is 23.6 Å². The molecule has 1 aliphatic carbocycles. The van der Waals surface area contributed by atoms with Crippen LogP contribution in [-0.4, -0.2) is 31.1 Å². The number of pyridine rings is 1. The first-order valence-corrected chi connectivity index (χ1v) is 10.9. The zero-order valence-electron chi connectivity index (χ0n) is 14.7. The second-order valence-corrected chi connectivity index (χ2v) is 9.14. The molecule has 3 rings (SSSR count). The zero-order valence-corrected chi connectivity index (χ0v) is 16.3. The normalized spacial score (nSPS) is 14.2. The van der Waals surface area contributed by atoms with Gasteiger partial charge in [-0.2, -0.15) is 0 Å². The molecule has 0 bridgehead atoms. The van der Waals surface area contributed by atoms with E-state index in [1.165, 1.54) is 12.1 Å². The van der Waals surface area contributed by atoms with Crippen molar-refractivity contribution in [3.63, 3.8) is 0 Å². The Morgan fingerprint density at radius 1 is 1.27 bits per heavy atom. The number of sulfonamides is 1. The maximum absolute atomic E-state index is 12.6. The monoisotopic (exact) mass is 391 g/mol. The number of rotatable bonds is 7. The van der Waals surface area contributed by atoms with Crippen LogP contribution < -0.4 is 10.0 Å². The van der Waals surface area contributed by atoms with Crippen molar-refractivity contribution in [1.29, 1.82) is 0 Å². The number of nitrogens with one attached hydrogen (secondary N) is 2. The highest BCUT2D eigenvalue weighted by molar-refractivity contribution is 7.99. The highest BCUT2D eigenvalue weighted by atomic mass is 32.2. The van der Waals surface area contributed by atoms with E-state index in [-0.39, 0.29) is 16.8 Å². The minimum atomic E-state index is -3.60. The van der Waals surface area contributed by atoms with E-state index in [4.69, 9.17) is 0 Å². The fraction of sp³-hybridized carbons (Fsp3) is 0.333. The molecule has 8 heteroatoms. The van der Waals surface area contributed by atoms with Gasteiger partial charge < -0.3 is 5.32 Å². The van der Waals surface area contributed by atoms with Gasteiger partial charge in [-0.1, -0.05) is 13.0 Å². The van der Waals surface area contributed by atoms with E-state index in [9.17, 15) is 13.2 Å². The predicted octanol–water partition coefficient (Wildman–Crippen LogP) is 3.20. The lowest BCUT2D eigenvalue weighted by molar-refractivity contribution is 0.102. The molecule has 0 saturated heterocycles. The summed E-state index contributed by atoms with van der Waals surface area (Å²) in [6.07, 6.45) is 3.32. The summed E-state index contributed by atoms with van der Waals surface area (Å²) < 4.78 is 27.4. The second kappa shape index (κ2) is 7.77. The van der Waals surface area contributed by atoms with Crippen molar-refractivity contribution >= 4 is 33.4 Å². The molecule has 26 heavy (non-hydrogen) atoms. The zero-order chi connectivity index (χ0) is 18.7. The number of benzene rings is 1. The van der Waals surface area contributed by atoms with Crippen molar-refractivity contribution in [2.24, 2.45) is 0 Å². The Bertz CT molecular complexity index is 908. The summed E-state index contributed by atoms with van der Waals surface area (Å²) >= 11 is 1.62. The van der Waals surface area contributed by atoms with E-state index in [0.29, 0.717) is 16.8 Å². The second-order valence-electron chi connectivity index (χ2n) is 6.14. The van der Waals surface area contributed by atoms with Crippen LogP contribution in [0.15, 0.2) is 46.5 Å². The molecular formula is C18H21N3O3S2. The molecule has 1 saturated carbocycles. The number of carbonyl (C=O) groups is 1. The first-order chi connectivity index (χ1) is 12.4. The summed E-state index contributed by atoms with van der Waals surface area (Å²) in [4.78, 5) is 17.0. The first-order valence-electron chi connectivity index (χ1n) is 8.42. The maximum atomic E-state index is 12.6. The molecule has 1 aromatic carbocycles. The van der Waals surface area contributed by atoms with Gasteiger partial charge in [0.1, 0.15) is 0 Å². The van der Waals surface area contributed by atoms with Gasteiger partial charge in [0.15, 0.2) is 0 Å². The highest BCUT2D eigenvalue weighted by Gasteiger charge is 2.28. The molecule has 1 fully saturated rings. The molecule has 6 nitrogen and oxygen atoms in total. The number of amides is 1. The molecule has 0 spiro atoms. The Hall–Kier alpha value is -1.90. The van der Waals surface area contributed by atoms with Crippen LogP contribution in [0.2, 0.25) is 0 Å². The maximum Gasteiger partial charge on any atom is 0.256 e. The Morgan fingerprint density at radius 3 is 2.65 bits per heavy atom. The molecule has 2 aromatic rings. The van der Waals surface area contributed by atoms with Crippen molar-refractivity contribution in [2.75, 3.05) is 11.1 Å². The Kier molecular flexibility index (Phi) is 5.64. The summed E-state index contributed by atoms with van der Waals surface area (Å²) in [5.41, 5.74) is 1.61. The van der Waals surface area contributed by atoms with Gasteiger partial charge in [-0.25, -0.2) is 18.1 Å². The van der Waals surface area contributed by atoms with E-state index in [2.05, 4.69) is 15.0 Å². The van der Waals surface area contributed by atoms with E-state index >= 15 is 0 Å². The van der Waals surface area contributed by atoms with E-state index in [1.54, 1.807) is 37.0 Å². The number of nitrogens with zero attached hydrogens (tertiary/aromatic N) is 1. The molecule has 1 heterocycles. The van der Waals surface area contributed by atoms with Gasteiger partial charge in [-0.15, -0.1) is 11.8 Å². The number of hydrogen-bond donors (Lipinski definition) is 2. The van der Waals surface area contributed by atoms with Gasteiger partial charge in [0.25, 0.3) is 5.91 Å². The standard InChI is InChI=1S/C18H21N3O3S2/c1-3-25-17-9-7-14(11-19-17)20-18(22)16-10-15(8-4-12(16)2)26(23,24)21-13-5-6-13/h4,7-11,13,21H,3,5-6H2,1-2H3,(H,20,22). The summed E-state index contributed by atoms with van der Waals surface area (Å²) in [6.45, 7) is 3.82. The lowest BCUT2D eigenvalue weighted by Gasteiger charge is -2.11. The van der Waals surface area contributed by atoms with Crippen LogP contribution in [0.4, 0.5) is 5.69 Å². The van der Waals surface area contributed by atoms with Crippen molar-refractivity contribution in [3.8, 4) is 0 Å². The molecule has 0 atom stereocenters. The van der Waals surface area contributed by atoms with Crippen molar-refractivity contribution in [3.05, 3.63) is 47.7 Å². The van der Waals surface area contributed by atoms with Crippen molar-refractivity contribution in [2.45, 2.75) is 42.7 Å². The smallest absolute Gasteiger partial charge is 0.256 e. The fourth-order valence-electron chi connectivity index (χ4n) is 2.39. The number of aryl methyl sites for hydroxylation is 1. The van der Waals surface area contributed by atoms with Gasteiger partial charge in [-0.3, -0.25) is 4.79 Å². The molecule has 1 aliphatic rings. The molecule has 0 radical (unpaired) electrons. The molecule has 0 aliphatic heterocycles. The fourth-order valence-corrected chi connectivity index (χ4v) is 4.31. The van der Waals surface area contributed by atoms with Gasteiger partial charge in [-0.05, 0) is 55.3 Å². The van der Waals surface area contributed by atoms with E-state index < -0.39 is 10.0 Å². The Balaban J connectivity index is 1.78. The van der Waals surface area contributed by atoms with Crippen LogP contribution in [0.25, 0.3) is 0 Å². The minimum Gasteiger partial charge on any atom is -0.321 e. The number of anilines is 1. The number of thioether (sulfide) groups is 1. The quantitative estimate of drug-likeness (QED) is 0.708. The van der Waals surface area contributed by atoms with Gasteiger partial charge in [0.2, 0.25) is 10.0 Å². The lowest BCUT2D eigenvalue weighted by atomic mass is 10.1. The molecule has 138 valence electrons. The molecule has 1 amide bonds. The first kappa shape index (κ1) is 18.9. The highest BCUT2D eigenvalue weighted by Crippen LogP contribution is 2.24. The van der Waals surface area contributed by atoms with Crippen molar-refractivity contribution < 1.29 is 13.2 Å². The lowest BCUT2D eigenvalue weighted by Crippen LogP contribution is -2.26. The van der Waals surface area contributed by atoms with Crippen LogP contribution in [0.1, 0.15) is 35.7 Å². The average molecular weight is 392 g/mol. The topological polar surface area (TPSA) is 88.2 Å². The Labute approximate surface area is 157 Å². The van der Waals surface area contributed by atoms with Crippen LogP contribution in [0, 0.1) is 6.92 Å². The van der Waals surface area contributed by atoms with Crippen LogP contribution in [-0.2, 0) is 10.0 Å². The number of aromatic nitrogens is 1. The van der Waals surface area contributed by atoms with Gasteiger partial charge >= 0.3 is 0 Å². The summed E-state index contributed by atoms with van der Waals surface area (Å²) in [6, 6.07) is 8.24. The average Bonchev–Trinajstić information content (AvgIpc) is 3.40. The van der Waals surface area contributed by atoms with Gasteiger partial charge in [0.05, 0.1) is 21.8 Å². The minimum absolute atomic E-state index is 0.0177. The van der Waals surface area contributed by atoms with Crippen LogP contribution in [0.5, 0.6) is 0 Å². The SMILES string of the molecule is CCSc1ccc(NC(=O)c2cc(S(=O)(=O)NC3CC3)ccc2C)cn1. The Morgan fingerprint density at radius 2 is 2.04 bits per heavy atom. The largest absolute Gasteiger partial charge is 0.321 e. The van der Waals surface area contributed by atoms with Gasteiger partial charge in [0, 0.05) is 11.6 Å². The predicted molar refractivity (Wildman–Crippen MR) is 103 cm³/mol. The third kappa shape index (κ3) is 4.63. The third-order valence-electron chi connectivity index (χ3n) is 3.95. The molecule has 0 unspecified atom stereocenters. The van der Waals surface area contributed by atoms with E-state index in [1.807, 2.05) is 13.0 Å². The van der Waals surface area contributed by atoms with Crippen molar-refractivity contribution in [1.82, 2.24) is 9.71 Å². The summed E-state index contributed by atoms with van der Waals surface area (Å²) in [7, 11) is -3.60. The summed E-state index contributed by atoms with van der Waals surface area (Å²) in [5, 5.41) is 3.66. The molecule has 1 aromatic heterocycles. The van der Waals surface area contributed by atoms with Crippen LogP contribution >= 0.6 is 11.8 Å². The van der Waals surface area contributed by atoms with Crippen LogP contribution in [0.3, 0.4) is 0 Å².